The number of hydrazine groups is 2. The average molecular weight is 109 g/mol. The van der Waals surface area contributed by atoms with E-state index in [-0.39, 0.29) is 0 Å². The van der Waals surface area contributed by atoms with Crippen LogP contribution in [0.2, 0.25) is 0 Å². The lowest BCUT2D eigenvalue weighted by Gasteiger charge is -1.99. The van der Waals surface area contributed by atoms with Crippen molar-refractivity contribution in [2.75, 3.05) is 0 Å². The minimum absolute atomic E-state index is 1.96. The molecule has 7 heavy (non-hydrogen) atoms. The molecule has 7 heteroatoms. The van der Waals surface area contributed by atoms with Crippen LogP contribution in [0.25, 0.3) is 0 Å². The summed E-state index contributed by atoms with van der Waals surface area (Å²) in [5.41, 5.74) is 6.01. The van der Waals surface area contributed by atoms with Crippen molar-refractivity contribution in [3.05, 3.63) is 0 Å². The molecule has 0 fully saturated rings. The van der Waals surface area contributed by atoms with Crippen LogP contribution in [0, 0.1) is 0 Å². The van der Waals surface area contributed by atoms with Crippen molar-refractivity contribution in [1.29, 1.82) is 0 Å². The smallest absolute Gasteiger partial charge is 0.101 e. The molecular formula is H7N5O2. The molecule has 0 aromatic carbocycles. The van der Waals surface area contributed by atoms with Gasteiger partial charge in [0.2, 0.25) is 0 Å². The van der Waals surface area contributed by atoms with Gasteiger partial charge in [-0.3, -0.25) is 0 Å². The van der Waals surface area contributed by atoms with Gasteiger partial charge in [-0.2, -0.15) is 11.8 Å². The maximum Gasteiger partial charge on any atom is -0.101 e. The lowest BCUT2D eigenvalue weighted by atomic mass is 12.4. The van der Waals surface area contributed by atoms with Gasteiger partial charge in [0.15, 0.2) is 0 Å². The summed E-state index contributed by atoms with van der Waals surface area (Å²) >= 11 is 0. The Hall–Kier alpha value is -0.280. The van der Waals surface area contributed by atoms with Gasteiger partial charge >= 0.3 is 0 Å². The molecule has 0 amide bonds. The Labute approximate surface area is 39.7 Å². The molecule has 0 aliphatic rings. The van der Waals surface area contributed by atoms with Crippen molar-refractivity contribution >= 4 is 0 Å². The molecule has 44 valence electrons. The van der Waals surface area contributed by atoms with Crippen LogP contribution in [0.5, 0.6) is 0 Å². The minimum Gasteiger partial charge on any atom is -0.201 e. The third-order valence-electron chi connectivity index (χ3n) is 0.220. The number of hydrogen-bond acceptors (Lipinski definition) is 7. The Morgan fingerprint density at radius 3 is 1.71 bits per heavy atom. The number of nitrogens with one attached hydrogen (secondary N) is 3. The normalized spacial score (nSPS) is 9.43. The fraction of sp³-hybridized carbons (Fsp3) is 0. The first kappa shape index (κ1) is 6.72. The zero-order valence-electron chi connectivity index (χ0n) is 3.47. The van der Waals surface area contributed by atoms with E-state index in [1.54, 1.807) is 0 Å². The first-order valence-corrected chi connectivity index (χ1v) is 1.38. The molecule has 0 radical (unpaired) electrons. The van der Waals surface area contributed by atoms with E-state index in [0.717, 1.165) is 0 Å². The Bertz CT molecular complexity index is 25.3. The zero-order chi connectivity index (χ0) is 5.54. The summed E-state index contributed by atoms with van der Waals surface area (Å²) in [6, 6.07) is 0. The summed E-state index contributed by atoms with van der Waals surface area (Å²) in [5.74, 6) is 8.92. The van der Waals surface area contributed by atoms with Crippen LogP contribution in [0.4, 0.5) is 0 Å². The van der Waals surface area contributed by atoms with Gasteiger partial charge < -0.3 is 0 Å². The predicted octanol–water partition coefficient (Wildman–Crippen LogP) is -2.80. The third-order valence-corrected chi connectivity index (χ3v) is 0.220. The lowest BCUT2D eigenvalue weighted by Crippen LogP contribution is -2.45. The maximum absolute atomic E-state index is 4.46. The summed E-state index contributed by atoms with van der Waals surface area (Å²) < 4.78 is 0. The number of rotatable bonds is 4. The summed E-state index contributed by atoms with van der Waals surface area (Å²) in [4.78, 5) is 7.57. The lowest BCUT2D eigenvalue weighted by molar-refractivity contribution is -0.0764. The summed E-state index contributed by atoms with van der Waals surface area (Å²) in [5, 5.41) is 0. The summed E-state index contributed by atoms with van der Waals surface area (Å²) in [6.07, 6.45) is 0. The van der Waals surface area contributed by atoms with Crippen molar-refractivity contribution in [2.45, 2.75) is 0 Å². The fourth-order valence-corrected chi connectivity index (χ4v) is 0.0798. The number of nitrogens with two attached hydrogens (primary N) is 2. The van der Waals surface area contributed by atoms with Gasteiger partial charge in [-0.15, -0.1) is 16.7 Å². The van der Waals surface area contributed by atoms with E-state index in [1.807, 2.05) is 11.2 Å². The highest BCUT2D eigenvalue weighted by Gasteiger charge is 1.71. The van der Waals surface area contributed by atoms with Crippen LogP contribution in [-0.4, -0.2) is 0 Å². The van der Waals surface area contributed by atoms with E-state index < -0.39 is 0 Å². The van der Waals surface area contributed by atoms with E-state index in [4.69, 9.17) is 0 Å². The van der Waals surface area contributed by atoms with Gasteiger partial charge in [-0.05, 0) is 0 Å². The standard InChI is InChI=1S/H7N5O2/c1-6-4-3-5-7-2/h3-5H,1-2H2. The fourth-order valence-electron chi connectivity index (χ4n) is 0.0798. The molecule has 7 nitrogen and oxygen atoms in total. The van der Waals surface area contributed by atoms with Crippen molar-refractivity contribution in [1.82, 2.24) is 16.7 Å². The van der Waals surface area contributed by atoms with Crippen LogP contribution >= 0.6 is 0 Å². The molecular weight excluding hydrogens is 102 g/mol. The highest BCUT2D eigenvalue weighted by atomic mass is 16.8. The molecule has 0 saturated heterocycles. The van der Waals surface area contributed by atoms with Crippen molar-refractivity contribution in [3.63, 3.8) is 0 Å². The predicted molar refractivity (Wildman–Crippen MR) is 20.0 cm³/mol. The molecule has 0 spiro atoms. The van der Waals surface area contributed by atoms with Crippen LogP contribution in [0.1, 0.15) is 0 Å². The van der Waals surface area contributed by atoms with Crippen molar-refractivity contribution in [3.8, 4) is 0 Å². The monoisotopic (exact) mass is 109 g/mol. The zero-order valence-corrected chi connectivity index (χ0v) is 3.47. The molecule has 0 heterocycles. The Balaban J connectivity index is 2.45. The van der Waals surface area contributed by atoms with Crippen molar-refractivity contribution < 1.29 is 9.88 Å². The van der Waals surface area contributed by atoms with Gasteiger partial charge in [-0.1, -0.05) is 0 Å². The molecule has 0 rings (SSSR count). The van der Waals surface area contributed by atoms with Gasteiger partial charge in [-0.25, -0.2) is 9.88 Å². The van der Waals surface area contributed by atoms with E-state index in [1.165, 1.54) is 0 Å². The second kappa shape index (κ2) is 5.72. The molecule has 0 aromatic heterocycles. The molecule has 0 aliphatic heterocycles. The van der Waals surface area contributed by atoms with Crippen molar-refractivity contribution in [2.24, 2.45) is 11.8 Å². The van der Waals surface area contributed by atoms with Gasteiger partial charge in [0, 0.05) is 0 Å². The summed E-state index contributed by atoms with van der Waals surface area (Å²) in [6.45, 7) is 0. The maximum atomic E-state index is 4.46. The second-order valence-electron chi connectivity index (χ2n) is 0.565. The molecule has 7 N–H and O–H groups in total. The van der Waals surface area contributed by atoms with Crippen LogP contribution in [0.15, 0.2) is 0 Å². The molecule has 0 unspecified atom stereocenters. The second-order valence-corrected chi connectivity index (χ2v) is 0.565. The van der Waals surface area contributed by atoms with Crippen LogP contribution in [-0.2, 0) is 9.88 Å². The molecule has 0 atom stereocenters. The SMILES string of the molecule is NONNNON. The topological polar surface area (TPSA) is 107 Å². The van der Waals surface area contributed by atoms with Crippen LogP contribution < -0.4 is 28.5 Å². The Morgan fingerprint density at radius 1 is 1.00 bits per heavy atom. The molecule has 0 aliphatic carbocycles. The van der Waals surface area contributed by atoms with Crippen LogP contribution in [0.3, 0.4) is 0 Å². The molecule has 0 saturated carbocycles. The van der Waals surface area contributed by atoms with E-state index >= 15 is 0 Å². The van der Waals surface area contributed by atoms with E-state index in [9.17, 15) is 0 Å². The largest absolute Gasteiger partial charge is 0.201 e. The first-order valence-electron chi connectivity index (χ1n) is 1.38. The Morgan fingerprint density at radius 2 is 1.43 bits per heavy atom. The Kier molecular flexibility index (Phi) is 5.49. The molecule has 0 bridgehead atoms. The average Bonchev–Trinajstić information content (AvgIpc) is 1.69. The van der Waals surface area contributed by atoms with Gasteiger partial charge in [0.05, 0.1) is 0 Å². The van der Waals surface area contributed by atoms with Gasteiger partial charge in [0.25, 0.3) is 0 Å². The van der Waals surface area contributed by atoms with Gasteiger partial charge in [0.1, 0.15) is 0 Å². The first-order chi connectivity index (χ1) is 3.41. The quantitative estimate of drug-likeness (QED) is 0.196. The highest BCUT2D eigenvalue weighted by Crippen LogP contribution is 1.32. The summed E-state index contributed by atoms with van der Waals surface area (Å²) in [7, 11) is 0. The third kappa shape index (κ3) is 5.72. The minimum atomic E-state index is 1.96. The molecule has 0 aromatic rings. The van der Waals surface area contributed by atoms with E-state index in [0.29, 0.717) is 0 Å². The highest BCUT2D eigenvalue weighted by molar-refractivity contribution is 3.84. The number of hydrogen-bond donors (Lipinski definition) is 5. The van der Waals surface area contributed by atoms with E-state index in [2.05, 4.69) is 27.2 Å².